The molecular formula is C12H25O5P. The lowest BCUT2D eigenvalue weighted by molar-refractivity contribution is -0.140. The summed E-state index contributed by atoms with van der Waals surface area (Å²) in [5.74, 6) is -1.38. The van der Waals surface area contributed by atoms with Crippen LogP contribution < -0.4 is 0 Å². The van der Waals surface area contributed by atoms with Crippen LogP contribution in [0.3, 0.4) is 0 Å². The standard InChI is InChI=1S/C12H25O5P/c1-4-7-12(8-5-2,9-6-3)10(11(13)14)18(15,16)17/h10H,4-9H2,1-3H3,(H,13,14)(H2,15,16,17). The van der Waals surface area contributed by atoms with Crippen LogP contribution in [-0.2, 0) is 9.36 Å². The second-order valence-electron chi connectivity index (χ2n) is 4.94. The van der Waals surface area contributed by atoms with Gasteiger partial charge in [0, 0.05) is 0 Å². The van der Waals surface area contributed by atoms with E-state index >= 15 is 0 Å². The van der Waals surface area contributed by atoms with Crippen molar-refractivity contribution < 1.29 is 24.3 Å². The first kappa shape index (κ1) is 17.6. The lowest BCUT2D eigenvalue weighted by Gasteiger charge is -2.38. The van der Waals surface area contributed by atoms with Gasteiger partial charge in [-0.1, -0.05) is 40.0 Å². The molecule has 0 saturated carbocycles. The minimum atomic E-state index is -4.64. The molecule has 3 N–H and O–H groups in total. The fraction of sp³-hybridized carbons (Fsp3) is 0.917. The van der Waals surface area contributed by atoms with Crippen molar-refractivity contribution in [3.8, 4) is 0 Å². The third-order valence-electron chi connectivity index (χ3n) is 3.39. The summed E-state index contributed by atoms with van der Waals surface area (Å²) in [5, 5.41) is 9.23. The molecule has 0 aliphatic carbocycles. The van der Waals surface area contributed by atoms with E-state index in [1.165, 1.54) is 0 Å². The van der Waals surface area contributed by atoms with E-state index in [0.717, 1.165) is 19.3 Å². The van der Waals surface area contributed by atoms with Gasteiger partial charge < -0.3 is 14.9 Å². The van der Waals surface area contributed by atoms with Crippen molar-refractivity contribution in [1.82, 2.24) is 0 Å². The third-order valence-corrected chi connectivity index (χ3v) is 4.84. The zero-order chi connectivity index (χ0) is 14.4. The predicted octanol–water partition coefficient (Wildman–Crippen LogP) is 3.00. The molecule has 0 aliphatic rings. The first-order valence-electron chi connectivity index (χ1n) is 6.53. The predicted molar refractivity (Wildman–Crippen MR) is 70.6 cm³/mol. The molecule has 0 aromatic rings. The van der Waals surface area contributed by atoms with E-state index in [1.807, 2.05) is 20.8 Å². The van der Waals surface area contributed by atoms with Crippen molar-refractivity contribution >= 4 is 13.6 Å². The van der Waals surface area contributed by atoms with E-state index in [1.54, 1.807) is 0 Å². The summed E-state index contributed by atoms with van der Waals surface area (Å²) >= 11 is 0. The quantitative estimate of drug-likeness (QED) is 0.564. The van der Waals surface area contributed by atoms with Crippen LogP contribution >= 0.6 is 7.60 Å². The fourth-order valence-corrected chi connectivity index (χ4v) is 4.43. The highest BCUT2D eigenvalue weighted by Gasteiger charge is 2.51. The average molecular weight is 280 g/mol. The highest BCUT2D eigenvalue weighted by molar-refractivity contribution is 7.53. The molecule has 5 nitrogen and oxygen atoms in total. The number of aliphatic carboxylic acids is 1. The van der Waals surface area contributed by atoms with Crippen LogP contribution in [0.2, 0.25) is 0 Å². The monoisotopic (exact) mass is 280 g/mol. The van der Waals surface area contributed by atoms with Gasteiger partial charge in [-0.2, -0.15) is 0 Å². The van der Waals surface area contributed by atoms with Crippen LogP contribution in [0.5, 0.6) is 0 Å². The van der Waals surface area contributed by atoms with Gasteiger partial charge in [0.2, 0.25) is 0 Å². The van der Waals surface area contributed by atoms with Crippen molar-refractivity contribution in [1.29, 1.82) is 0 Å². The molecule has 0 radical (unpaired) electrons. The molecule has 108 valence electrons. The average Bonchev–Trinajstić information content (AvgIpc) is 2.15. The Morgan fingerprint density at radius 2 is 1.39 bits per heavy atom. The van der Waals surface area contributed by atoms with E-state index in [0.29, 0.717) is 19.3 Å². The molecule has 0 aromatic carbocycles. The number of carboxylic acid groups (broad SMARTS) is 1. The molecule has 0 spiro atoms. The molecule has 0 aliphatic heterocycles. The molecule has 6 heteroatoms. The number of carboxylic acids is 1. The SMILES string of the molecule is CCCC(CCC)(CCC)C(C(=O)O)P(=O)(O)O. The van der Waals surface area contributed by atoms with Crippen molar-refractivity contribution in [3.05, 3.63) is 0 Å². The van der Waals surface area contributed by atoms with Gasteiger partial charge in [0.25, 0.3) is 0 Å². The van der Waals surface area contributed by atoms with Crippen LogP contribution in [-0.4, -0.2) is 26.5 Å². The van der Waals surface area contributed by atoms with Crippen LogP contribution in [0.25, 0.3) is 0 Å². The topological polar surface area (TPSA) is 94.8 Å². The Kier molecular flexibility index (Phi) is 7.11. The van der Waals surface area contributed by atoms with Gasteiger partial charge in [-0.3, -0.25) is 9.36 Å². The Bertz CT molecular complexity index is 293. The molecule has 1 unspecified atom stereocenters. The van der Waals surface area contributed by atoms with Crippen LogP contribution in [0.1, 0.15) is 59.3 Å². The van der Waals surface area contributed by atoms with E-state index in [4.69, 9.17) is 0 Å². The lowest BCUT2D eigenvalue weighted by atomic mass is 9.72. The van der Waals surface area contributed by atoms with Crippen LogP contribution in [0, 0.1) is 5.41 Å². The Hall–Kier alpha value is -0.380. The summed E-state index contributed by atoms with van der Waals surface area (Å²) in [6.07, 6.45) is 3.79. The highest BCUT2D eigenvalue weighted by Crippen LogP contribution is 2.55. The zero-order valence-electron chi connectivity index (χ0n) is 11.4. The Balaban J connectivity index is 5.58. The summed E-state index contributed by atoms with van der Waals surface area (Å²) in [6, 6.07) is 0. The van der Waals surface area contributed by atoms with Gasteiger partial charge in [0.05, 0.1) is 0 Å². The molecule has 18 heavy (non-hydrogen) atoms. The number of carbonyl (C=O) groups is 1. The number of hydrogen-bond donors (Lipinski definition) is 3. The maximum Gasteiger partial charge on any atom is 0.340 e. The third kappa shape index (κ3) is 4.38. The minimum Gasteiger partial charge on any atom is -0.481 e. The normalized spacial score (nSPS) is 14.5. The largest absolute Gasteiger partial charge is 0.481 e. The molecule has 0 saturated heterocycles. The Morgan fingerprint density at radius 3 is 1.56 bits per heavy atom. The first-order valence-corrected chi connectivity index (χ1v) is 8.21. The summed E-state index contributed by atoms with van der Waals surface area (Å²) in [7, 11) is -4.64. The molecule has 0 fully saturated rings. The highest BCUT2D eigenvalue weighted by atomic mass is 31.2. The van der Waals surface area contributed by atoms with Gasteiger partial charge in [-0.15, -0.1) is 0 Å². The van der Waals surface area contributed by atoms with Gasteiger partial charge in [0.1, 0.15) is 0 Å². The Morgan fingerprint density at radius 1 is 1.06 bits per heavy atom. The second-order valence-corrected chi connectivity index (χ2v) is 6.64. The maximum absolute atomic E-state index is 11.6. The molecule has 0 heterocycles. The van der Waals surface area contributed by atoms with Crippen molar-refractivity contribution in [2.45, 2.75) is 65.0 Å². The second kappa shape index (κ2) is 7.27. The summed E-state index contributed by atoms with van der Waals surface area (Å²) in [5.41, 5.74) is -2.37. The zero-order valence-corrected chi connectivity index (χ0v) is 12.3. The Labute approximate surface area is 109 Å². The van der Waals surface area contributed by atoms with E-state index in [-0.39, 0.29) is 0 Å². The first-order chi connectivity index (χ1) is 8.25. The van der Waals surface area contributed by atoms with Gasteiger partial charge in [0.15, 0.2) is 5.66 Å². The van der Waals surface area contributed by atoms with Crippen LogP contribution in [0.15, 0.2) is 0 Å². The number of rotatable bonds is 9. The van der Waals surface area contributed by atoms with Gasteiger partial charge >= 0.3 is 13.6 Å². The number of hydrogen-bond acceptors (Lipinski definition) is 2. The molecule has 0 amide bonds. The van der Waals surface area contributed by atoms with E-state index in [2.05, 4.69) is 0 Å². The van der Waals surface area contributed by atoms with E-state index in [9.17, 15) is 24.3 Å². The maximum atomic E-state index is 11.6. The lowest BCUT2D eigenvalue weighted by Crippen LogP contribution is -2.41. The van der Waals surface area contributed by atoms with Crippen molar-refractivity contribution in [2.24, 2.45) is 5.41 Å². The van der Waals surface area contributed by atoms with Gasteiger partial charge in [-0.25, -0.2) is 0 Å². The summed E-state index contributed by atoms with van der Waals surface area (Å²) in [4.78, 5) is 30.1. The molecule has 0 bridgehead atoms. The summed E-state index contributed by atoms with van der Waals surface area (Å²) in [6.45, 7) is 5.75. The smallest absolute Gasteiger partial charge is 0.340 e. The molecular weight excluding hydrogens is 255 g/mol. The molecule has 0 rings (SSSR count). The minimum absolute atomic E-state index is 0.538. The van der Waals surface area contributed by atoms with Crippen molar-refractivity contribution in [2.75, 3.05) is 0 Å². The van der Waals surface area contributed by atoms with E-state index < -0.39 is 24.6 Å². The summed E-state index contributed by atoms with van der Waals surface area (Å²) < 4.78 is 11.6. The fourth-order valence-electron chi connectivity index (χ4n) is 3.04. The van der Waals surface area contributed by atoms with Gasteiger partial charge in [-0.05, 0) is 24.7 Å². The molecule has 0 aromatic heterocycles. The van der Waals surface area contributed by atoms with Crippen LogP contribution in [0.4, 0.5) is 0 Å². The molecule has 1 atom stereocenters. The van der Waals surface area contributed by atoms with Crippen molar-refractivity contribution in [3.63, 3.8) is 0 Å².